The van der Waals surface area contributed by atoms with Crippen molar-refractivity contribution in [3.63, 3.8) is 0 Å². The van der Waals surface area contributed by atoms with E-state index in [1.54, 1.807) is 12.4 Å². The van der Waals surface area contributed by atoms with E-state index < -0.39 is 5.41 Å². The summed E-state index contributed by atoms with van der Waals surface area (Å²) >= 11 is 6.26. The van der Waals surface area contributed by atoms with E-state index in [0.717, 1.165) is 50.3 Å². The summed E-state index contributed by atoms with van der Waals surface area (Å²) in [6.45, 7) is 2.95. The molecular weight excluding hydrogens is 360 g/mol. The van der Waals surface area contributed by atoms with Crippen LogP contribution in [-0.4, -0.2) is 47.0 Å². The highest BCUT2D eigenvalue weighted by atomic mass is 35.5. The van der Waals surface area contributed by atoms with Crippen molar-refractivity contribution in [1.29, 1.82) is 0 Å². The monoisotopic (exact) mass is 384 g/mol. The van der Waals surface area contributed by atoms with Crippen molar-refractivity contribution in [2.24, 2.45) is 0 Å². The average molecular weight is 385 g/mol. The Balaban J connectivity index is 1.53. The Labute approximate surface area is 165 Å². The number of carbonyl (C=O) groups excluding carboxylic acids is 1. The fourth-order valence-corrected chi connectivity index (χ4v) is 4.62. The van der Waals surface area contributed by atoms with Gasteiger partial charge in [0.25, 0.3) is 0 Å². The SMILES string of the molecule is O=C(N1CCN(c2ncccn2)CC1)C1(c2cccc(Cl)c2)CCCCC1. The van der Waals surface area contributed by atoms with Crippen molar-refractivity contribution in [1.82, 2.24) is 14.9 Å². The lowest BCUT2D eigenvalue weighted by atomic mass is 9.68. The first-order chi connectivity index (χ1) is 13.2. The summed E-state index contributed by atoms with van der Waals surface area (Å²) in [5.74, 6) is 1.00. The van der Waals surface area contributed by atoms with Gasteiger partial charge in [-0.2, -0.15) is 0 Å². The van der Waals surface area contributed by atoms with Crippen molar-refractivity contribution >= 4 is 23.5 Å². The molecular formula is C21H25ClN4O. The molecule has 1 aromatic heterocycles. The number of halogens is 1. The van der Waals surface area contributed by atoms with Crippen LogP contribution in [0.1, 0.15) is 37.7 Å². The van der Waals surface area contributed by atoms with Crippen LogP contribution in [0, 0.1) is 0 Å². The van der Waals surface area contributed by atoms with Crippen LogP contribution in [0.2, 0.25) is 5.02 Å². The topological polar surface area (TPSA) is 49.3 Å². The van der Waals surface area contributed by atoms with E-state index in [0.29, 0.717) is 18.1 Å². The summed E-state index contributed by atoms with van der Waals surface area (Å²) < 4.78 is 0. The van der Waals surface area contributed by atoms with Gasteiger partial charge in [0, 0.05) is 43.6 Å². The summed E-state index contributed by atoms with van der Waals surface area (Å²) in [5, 5.41) is 0.705. The van der Waals surface area contributed by atoms with Crippen molar-refractivity contribution < 1.29 is 4.79 Å². The molecule has 142 valence electrons. The molecule has 1 saturated carbocycles. The smallest absolute Gasteiger partial charge is 0.233 e. The molecule has 27 heavy (non-hydrogen) atoms. The fourth-order valence-electron chi connectivity index (χ4n) is 4.43. The predicted molar refractivity (Wildman–Crippen MR) is 107 cm³/mol. The minimum Gasteiger partial charge on any atom is -0.338 e. The molecule has 2 aliphatic rings. The normalized spacial score (nSPS) is 19.7. The molecule has 4 rings (SSSR count). The van der Waals surface area contributed by atoms with Gasteiger partial charge in [0.05, 0.1) is 5.41 Å². The zero-order valence-corrected chi connectivity index (χ0v) is 16.2. The van der Waals surface area contributed by atoms with Crippen LogP contribution in [0.3, 0.4) is 0 Å². The number of nitrogens with zero attached hydrogens (tertiary/aromatic N) is 4. The van der Waals surface area contributed by atoms with Crippen LogP contribution < -0.4 is 4.90 Å². The molecule has 0 radical (unpaired) electrons. The van der Waals surface area contributed by atoms with E-state index in [1.807, 2.05) is 29.2 Å². The van der Waals surface area contributed by atoms with E-state index in [-0.39, 0.29) is 5.91 Å². The van der Waals surface area contributed by atoms with Gasteiger partial charge in [0.1, 0.15) is 0 Å². The second-order valence-corrected chi connectivity index (χ2v) is 7.92. The summed E-state index contributed by atoms with van der Waals surface area (Å²) in [4.78, 5) is 26.5. The first kappa shape index (κ1) is 18.2. The number of benzene rings is 1. The Kier molecular flexibility index (Phi) is 5.30. The summed E-state index contributed by atoms with van der Waals surface area (Å²) in [6, 6.07) is 9.72. The van der Waals surface area contributed by atoms with E-state index in [1.165, 1.54) is 6.42 Å². The Bertz CT molecular complexity index is 784. The molecule has 0 bridgehead atoms. The number of carbonyl (C=O) groups is 1. The molecule has 2 aromatic rings. The minimum atomic E-state index is -0.422. The van der Waals surface area contributed by atoms with E-state index >= 15 is 0 Å². The van der Waals surface area contributed by atoms with E-state index in [2.05, 4.69) is 20.9 Å². The van der Waals surface area contributed by atoms with Crippen LogP contribution in [0.5, 0.6) is 0 Å². The summed E-state index contributed by atoms with van der Waals surface area (Å²) in [7, 11) is 0. The molecule has 0 N–H and O–H groups in total. The maximum atomic E-state index is 13.7. The zero-order chi connectivity index (χ0) is 18.7. The van der Waals surface area contributed by atoms with Crippen LogP contribution >= 0.6 is 11.6 Å². The predicted octanol–water partition coefficient (Wildman–Crippen LogP) is 3.68. The van der Waals surface area contributed by atoms with Crippen molar-refractivity contribution in [2.45, 2.75) is 37.5 Å². The van der Waals surface area contributed by atoms with Crippen LogP contribution in [0.25, 0.3) is 0 Å². The Morgan fingerprint density at radius 3 is 2.33 bits per heavy atom. The first-order valence-electron chi connectivity index (χ1n) is 9.76. The van der Waals surface area contributed by atoms with Gasteiger partial charge >= 0.3 is 0 Å². The van der Waals surface area contributed by atoms with Crippen molar-refractivity contribution in [3.8, 4) is 0 Å². The quantitative estimate of drug-likeness (QED) is 0.809. The number of amides is 1. The molecule has 0 unspecified atom stereocenters. The number of anilines is 1. The lowest BCUT2D eigenvalue weighted by molar-refractivity contribution is -0.139. The van der Waals surface area contributed by atoms with Gasteiger partial charge in [-0.3, -0.25) is 4.79 Å². The van der Waals surface area contributed by atoms with E-state index in [4.69, 9.17) is 11.6 Å². The van der Waals surface area contributed by atoms with Gasteiger partial charge in [-0.05, 0) is 36.6 Å². The Hall–Kier alpha value is -2.14. The van der Waals surface area contributed by atoms with Crippen LogP contribution in [-0.2, 0) is 10.2 Å². The average Bonchev–Trinajstić information content (AvgIpc) is 2.74. The van der Waals surface area contributed by atoms with Gasteiger partial charge in [-0.15, -0.1) is 0 Å². The molecule has 0 atom stereocenters. The molecule has 6 heteroatoms. The van der Waals surface area contributed by atoms with Gasteiger partial charge < -0.3 is 9.80 Å². The van der Waals surface area contributed by atoms with Crippen LogP contribution in [0.15, 0.2) is 42.7 Å². The van der Waals surface area contributed by atoms with Gasteiger partial charge in [-0.25, -0.2) is 9.97 Å². The Morgan fingerprint density at radius 1 is 0.963 bits per heavy atom. The number of rotatable bonds is 3. The molecule has 1 amide bonds. The fraction of sp³-hybridized carbons (Fsp3) is 0.476. The van der Waals surface area contributed by atoms with Gasteiger partial charge in [0.2, 0.25) is 11.9 Å². The van der Waals surface area contributed by atoms with Gasteiger partial charge in [0.15, 0.2) is 0 Å². The highest BCUT2D eigenvalue weighted by Gasteiger charge is 2.44. The second kappa shape index (κ2) is 7.85. The lowest BCUT2D eigenvalue weighted by Crippen LogP contribution is -2.55. The van der Waals surface area contributed by atoms with Gasteiger partial charge in [-0.1, -0.05) is 43.0 Å². The maximum absolute atomic E-state index is 13.7. The molecule has 1 aliphatic heterocycles. The third-order valence-corrected chi connectivity index (χ3v) is 6.13. The Morgan fingerprint density at radius 2 is 1.67 bits per heavy atom. The van der Waals surface area contributed by atoms with Crippen LogP contribution in [0.4, 0.5) is 5.95 Å². The molecule has 1 aromatic carbocycles. The zero-order valence-electron chi connectivity index (χ0n) is 15.5. The number of hydrogen-bond acceptors (Lipinski definition) is 4. The third kappa shape index (κ3) is 3.65. The third-order valence-electron chi connectivity index (χ3n) is 5.90. The van der Waals surface area contributed by atoms with Crippen molar-refractivity contribution in [2.75, 3.05) is 31.1 Å². The lowest BCUT2D eigenvalue weighted by Gasteiger charge is -2.43. The second-order valence-electron chi connectivity index (χ2n) is 7.48. The molecule has 1 aliphatic carbocycles. The molecule has 0 spiro atoms. The highest BCUT2D eigenvalue weighted by Crippen LogP contribution is 2.42. The minimum absolute atomic E-state index is 0.262. The first-order valence-corrected chi connectivity index (χ1v) is 10.1. The van der Waals surface area contributed by atoms with E-state index in [9.17, 15) is 4.79 Å². The standard InChI is InChI=1S/C21H25ClN4O/c22-18-7-4-6-17(16-18)21(8-2-1-3-9-21)19(27)25-12-14-26(15-13-25)20-23-10-5-11-24-20/h4-7,10-11,16H,1-3,8-9,12-15H2. The maximum Gasteiger partial charge on any atom is 0.233 e. The summed E-state index contributed by atoms with van der Waals surface area (Å²) in [6.07, 6.45) is 8.73. The number of aromatic nitrogens is 2. The number of hydrogen-bond donors (Lipinski definition) is 0. The molecule has 1 saturated heterocycles. The summed E-state index contributed by atoms with van der Waals surface area (Å²) in [5.41, 5.74) is 0.655. The molecule has 5 nitrogen and oxygen atoms in total. The largest absolute Gasteiger partial charge is 0.338 e. The molecule has 2 heterocycles. The van der Waals surface area contributed by atoms with Crippen molar-refractivity contribution in [3.05, 3.63) is 53.3 Å². The number of piperazine rings is 1. The highest BCUT2D eigenvalue weighted by molar-refractivity contribution is 6.30. The molecule has 2 fully saturated rings.